The summed E-state index contributed by atoms with van der Waals surface area (Å²) in [4.78, 5) is 0.161. The maximum absolute atomic E-state index is 12.2. The molecule has 120 valence electrons. The van der Waals surface area contributed by atoms with Crippen molar-refractivity contribution < 1.29 is 8.42 Å². The first-order valence-corrected chi connectivity index (χ1v) is 8.93. The predicted octanol–water partition coefficient (Wildman–Crippen LogP) is 1.81. The van der Waals surface area contributed by atoms with Gasteiger partial charge in [-0.05, 0) is 34.5 Å². The molecule has 0 unspecified atom stereocenters. The molecular weight excluding hydrogens is 328 g/mol. The summed E-state index contributed by atoms with van der Waals surface area (Å²) < 4.78 is 24.4. The highest BCUT2D eigenvalue weighted by Crippen LogP contribution is 2.36. The Hall–Kier alpha value is -3.07. The quantitative estimate of drug-likeness (QED) is 0.587. The van der Waals surface area contributed by atoms with Crippen LogP contribution in [-0.2, 0) is 9.84 Å². The third-order valence-corrected chi connectivity index (χ3v) is 4.89. The first kappa shape index (κ1) is 14.5. The van der Waals surface area contributed by atoms with E-state index >= 15 is 0 Å². The Balaban J connectivity index is 2.05. The average Bonchev–Trinajstić information content (AvgIpc) is 3.24. The second kappa shape index (κ2) is 5.24. The molecule has 8 nitrogen and oxygen atoms in total. The molecule has 0 fully saturated rings. The van der Waals surface area contributed by atoms with Crippen molar-refractivity contribution in [3.8, 4) is 22.5 Å². The fourth-order valence-corrected chi connectivity index (χ4v) is 3.59. The molecular formula is C15H12N6O2S. The zero-order valence-electron chi connectivity index (χ0n) is 12.6. The number of aromatic nitrogens is 6. The van der Waals surface area contributed by atoms with Gasteiger partial charge in [-0.25, -0.2) is 8.42 Å². The number of nitrogens with one attached hydrogen (secondary N) is 2. The molecule has 0 saturated carbocycles. The van der Waals surface area contributed by atoms with Crippen LogP contribution in [0.15, 0.2) is 47.5 Å². The molecule has 0 aliphatic heterocycles. The lowest BCUT2D eigenvalue weighted by Crippen LogP contribution is -2.02. The van der Waals surface area contributed by atoms with E-state index in [1.165, 1.54) is 0 Å². The van der Waals surface area contributed by atoms with Crippen LogP contribution in [0.1, 0.15) is 0 Å². The zero-order chi connectivity index (χ0) is 16.7. The number of hydrogen-bond donors (Lipinski definition) is 2. The van der Waals surface area contributed by atoms with Gasteiger partial charge in [0.05, 0.1) is 16.6 Å². The number of fused-ring (bicyclic) bond motifs is 1. The van der Waals surface area contributed by atoms with Gasteiger partial charge in [0.15, 0.2) is 9.84 Å². The van der Waals surface area contributed by atoms with Crippen LogP contribution in [0.2, 0.25) is 0 Å². The molecule has 2 N–H and O–H groups in total. The molecule has 0 radical (unpaired) electrons. The monoisotopic (exact) mass is 340 g/mol. The van der Waals surface area contributed by atoms with Gasteiger partial charge in [-0.15, -0.1) is 10.2 Å². The Labute approximate surface area is 136 Å². The number of tetrazole rings is 1. The van der Waals surface area contributed by atoms with Crippen molar-refractivity contribution in [3.05, 3.63) is 42.6 Å². The number of sulfone groups is 1. The van der Waals surface area contributed by atoms with Gasteiger partial charge < -0.3 is 0 Å². The summed E-state index contributed by atoms with van der Waals surface area (Å²) in [7, 11) is -3.46. The van der Waals surface area contributed by atoms with Gasteiger partial charge in [-0.3, -0.25) is 5.10 Å². The van der Waals surface area contributed by atoms with Gasteiger partial charge in [0.2, 0.25) is 5.82 Å². The Kier molecular flexibility index (Phi) is 3.17. The van der Waals surface area contributed by atoms with Crippen molar-refractivity contribution in [3.63, 3.8) is 0 Å². The lowest BCUT2D eigenvalue weighted by molar-refractivity contribution is 0.602. The lowest BCUT2D eigenvalue weighted by Gasteiger charge is -2.11. The van der Waals surface area contributed by atoms with E-state index in [0.29, 0.717) is 11.1 Å². The molecule has 4 aromatic rings. The van der Waals surface area contributed by atoms with E-state index in [9.17, 15) is 8.42 Å². The average molecular weight is 340 g/mol. The number of rotatable bonds is 3. The summed E-state index contributed by atoms with van der Waals surface area (Å²) in [6, 6.07) is 10.8. The van der Waals surface area contributed by atoms with E-state index in [4.69, 9.17) is 0 Å². The minimum absolute atomic E-state index is 0.161. The van der Waals surface area contributed by atoms with Gasteiger partial charge in [-0.1, -0.05) is 18.2 Å². The lowest BCUT2D eigenvalue weighted by atomic mass is 9.98. The van der Waals surface area contributed by atoms with Crippen molar-refractivity contribution >= 4 is 20.7 Å². The summed E-state index contributed by atoms with van der Waals surface area (Å²) in [6.45, 7) is 0. The van der Waals surface area contributed by atoms with Crippen molar-refractivity contribution in [2.75, 3.05) is 6.26 Å². The molecule has 0 spiro atoms. The van der Waals surface area contributed by atoms with Gasteiger partial charge >= 0.3 is 0 Å². The molecule has 9 heteroatoms. The number of benzene rings is 2. The van der Waals surface area contributed by atoms with Gasteiger partial charge in [-0.2, -0.15) is 10.3 Å². The largest absolute Gasteiger partial charge is 0.278 e. The maximum atomic E-state index is 12.2. The Morgan fingerprint density at radius 3 is 2.75 bits per heavy atom. The molecule has 0 bridgehead atoms. The first-order chi connectivity index (χ1) is 11.5. The topological polar surface area (TPSA) is 117 Å². The number of aromatic amines is 2. The number of hydrogen-bond acceptors (Lipinski definition) is 6. The molecule has 0 aliphatic rings. The summed E-state index contributed by atoms with van der Waals surface area (Å²) in [5, 5.41) is 21.7. The molecule has 0 aliphatic carbocycles. The van der Waals surface area contributed by atoms with Crippen molar-refractivity contribution in [2.24, 2.45) is 0 Å². The highest BCUT2D eigenvalue weighted by molar-refractivity contribution is 7.90. The fourth-order valence-electron chi connectivity index (χ4n) is 2.69. The molecule has 2 aromatic heterocycles. The van der Waals surface area contributed by atoms with E-state index in [1.54, 1.807) is 18.3 Å². The minimum atomic E-state index is -3.46. The normalized spacial score (nSPS) is 11.9. The van der Waals surface area contributed by atoms with Crippen LogP contribution in [-0.4, -0.2) is 45.5 Å². The fraction of sp³-hybridized carbons (Fsp3) is 0.0667. The molecule has 2 aromatic carbocycles. The van der Waals surface area contributed by atoms with Crippen LogP contribution in [0.25, 0.3) is 33.4 Å². The van der Waals surface area contributed by atoms with Crippen LogP contribution in [0.4, 0.5) is 0 Å². The predicted molar refractivity (Wildman–Crippen MR) is 87.8 cm³/mol. The van der Waals surface area contributed by atoms with Crippen LogP contribution < -0.4 is 0 Å². The summed E-state index contributed by atoms with van der Waals surface area (Å²) >= 11 is 0. The van der Waals surface area contributed by atoms with E-state index < -0.39 is 9.84 Å². The smallest absolute Gasteiger partial charge is 0.206 e. The van der Waals surface area contributed by atoms with Crippen molar-refractivity contribution in [1.82, 2.24) is 30.8 Å². The van der Waals surface area contributed by atoms with E-state index in [2.05, 4.69) is 30.8 Å². The van der Waals surface area contributed by atoms with E-state index in [0.717, 1.165) is 22.7 Å². The summed E-state index contributed by atoms with van der Waals surface area (Å²) in [5.41, 5.74) is 2.88. The highest BCUT2D eigenvalue weighted by Gasteiger charge is 2.22. The zero-order valence-corrected chi connectivity index (χ0v) is 13.4. The molecule has 0 amide bonds. The van der Waals surface area contributed by atoms with Gasteiger partial charge in [0, 0.05) is 17.2 Å². The van der Waals surface area contributed by atoms with Crippen LogP contribution in [0.3, 0.4) is 0 Å². The summed E-state index contributed by atoms with van der Waals surface area (Å²) in [5.74, 6) is 0.235. The maximum Gasteiger partial charge on any atom is 0.206 e. The third-order valence-electron chi connectivity index (χ3n) is 3.75. The Morgan fingerprint density at radius 1 is 1.12 bits per heavy atom. The molecule has 2 heterocycles. The third kappa shape index (κ3) is 2.35. The van der Waals surface area contributed by atoms with E-state index in [1.807, 2.05) is 24.3 Å². The summed E-state index contributed by atoms with van der Waals surface area (Å²) in [6.07, 6.45) is 2.88. The van der Waals surface area contributed by atoms with Crippen LogP contribution in [0, 0.1) is 0 Å². The van der Waals surface area contributed by atoms with Gasteiger partial charge in [0.1, 0.15) is 0 Å². The second-order valence-electron chi connectivity index (χ2n) is 5.36. The molecule has 0 atom stereocenters. The number of nitrogens with zero attached hydrogens (tertiary/aromatic N) is 4. The van der Waals surface area contributed by atoms with Crippen LogP contribution in [0.5, 0.6) is 0 Å². The first-order valence-electron chi connectivity index (χ1n) is 7.04. The van der Waals surface area contributed by atoms with Crippen molar-refractivity contribution in [2.45, 2.75) is 4.90 Å². The van der Waals surface area contributed by atoms with E-state index in [-0.39, 0.29) is 10.7 Å². The molecule has 0 saturated heterocycles. The molecule has 24 heavy (non-hydrogen) atoms. The Bertz CT molecular complexity index is 1130. The SMILES string of the molecule is CS(=O)(=O)c1cccc(-c2ccc3[nH]ncc3c2)c1-c1nn[nH]n1. The minimum Gasteiger partial charge on any atom is -0.278 e. The Morgan fingerprint density at radius 2 is 2.00 bits per heavy atom. The standard InChI is InChI=1S/C15H12N6O2S/c1-24(22,23)13-4-2-3-11(14(13)15-18-20-21-19-15)9-5-6-12-10(7-9)8-16-17-12/h2-8H,1H3,(H,16,17)(H,18,19,20,21). The highest BCUT2D eigenvalue weighted by atomic mass is 32.2. The van der Waals surface area contributed by atoms with Crippen molar-refractivity contribution in [1.29, 1.82) is 0 Å². The van der Waals surface area contributed by atoms with Crippen LogP contribution >= 0.6 is 0 Å². The number of H-pyrrole nitrogens is 2. The molecule has 4 rings (SSSR count). The van der Waals surface area contributed by atoms with Gasteiger partial charge in [0.25, 0.3) is 0 Å². The second-order valence-corrected chi connectivity index (χ2v) is 7.34.